The van der Waals surface area contributed by atoms with Crippen molar-refractivity contribution in [1.82, 2.24) is 29.9 Å². The Labute approximate surface area is 179 Å². The first-order chi connectivity index (χ1) is 15.2. The molecule has 11 heteroatoms. The maximum absolute atomic E-state index is 14.2. The maximum Gasteiger partial charge on any atom is 0.187 e. The number of thiazole rings is 1. The zero-order valence-electron chi connectivity index (χ0n) is 15.9. The van der Waals surface area contributed by atoms with Crippen LogP contribution in [0.1, 0.15) is 5.56 Å². The van der Waals surface area contributed by atoms with E-state index in [0.717, 1.165) is 0 Å². The molecule has 3 N–H and O–H groups in total. The van der Waals surface area contributed by atoms with Gasteiger partial charge in [-0.1, -0.05) is 23.4 Å². The van der Waals surface area contributed by atoms with E-state index in [0.29, 0.717) is 39.3 Å². The van der Waals surface area contributed by atoms with Gasteiger partial charge in [0, 0.05) is 23.2 Å². The molecule has 0 radical (unpaired) electrons. The summed E-state index contributed by atoms with van der Waals surface area (Å²) < 4.78 is 20.8. The fraction of sp³-hybridized carbons (Fsp3) is 0.0500. The van der Waals surface area contributed by atoms with Crippen LogP contribution in [0.2, 0.25) is 0 Å². The molecule has 0 fully saturated rings. The molecule has 1 aromatic carbocycles. The van der Waals surface area contributed by atoms with Crippen molar-refractivity contribution in [3.8, 4) is 22.9 Å². The standard InChI is InChI=1S/C20H15FN8OS/c21-13-4-2-1-3-12(13)11-29-17(14-5-7-30-28-14)9-15(27-29)19-24-10-16(18(22)26-19)25-20-23-6-8-31-20/h1-10H,11H2,(H,23,25)(H2,22,24,26). The van der Waals surface area contributed by atoms with Crippen molar-refractivity contribution in [3.63, 3.8) is 0 Å². The fourth-order valence-electron chi connectivity index (χ4n) is 3.00. The summed E-state index contributed by atoms with van der Waals surface area (Å²) in [7, 11) is 0. The molecule has 0 bridgehead atoms. The number of anilines is 3. The predicted molar refractivity (Wildman–Crippen MR) is 114 cm³/mol. The van der Waals surface area contributed by atoms with Gasteiger partial charge < -0.3 is 15.6 Å². The SMILES string of the molecule is Nc1nc(-c2cc(-c3ccon3)n(Cc3ccccc3F)n2)ncc1Nc1nccs1. The third-order valence-corrected chi connectivity index (χ3v) is 5.17. The van der Waals surface area contributed by atoms with Gasteiger partial charge in [-0.3, -0.25) is 4.68 Å². The monoisotopic (exact) mass is 434 g/mol. The van der Waals surface area contributed by atoms with E-state index < -0.39 is 0 Å². The van der Waals surface area contributed by atoms with E-state index in [1.165, 1.54) is 23.7 Å². The van der Waals surface area contributed by atoms with Crippen molar-refractivity contribution in [2.24, 2.45) is 0 Å². The second kappa shape index (κ2) is 7.95. The smallest absolute Gasteiger partial charge is 0.187 e. The Morgan fingerprint density at radius 3 is 2.81 bits per heavy atom. The van der Waals surface area contributed by atoms with Gasteiger partial charge in [-0.05, 0) is 12.1 Å². The summed E-state index contributed by atoms with van der Waals surface area (Å²) in [5, 5.41) is 14.2. The van der Waals surface area contributed by atoms with E-state index in [1.54, 1.807) is 47.4 Å². The topological polar surface area (TPSA) is 121 Å². The lowest BCUT2D eigenvalue weighted by atomic mass is 10.2. The van der Waals surface area contributed by atoms with E-state index in [4.69, 9.17) is 10.3 Å². The number of aromatic nitrogens is 6. The van der Waals surface area contributed by atoms with Crippen LogP contribution in [-0.4, -0.2) is 29.9 Å². The quantitative estimate of drug-likeness (QED) is 0.412. The number of hydrogen-bond donors (Lipinski definition) is 2. The molecule has 5 rings (SSSR count). The van der Waals surface area contributed by atoms with Crippen LogP contribution in [0, 0.1) is 5.82 Å². The van der Waals surface area contributed by atoms with Gasteiger partial charge in [0.25, 0.3) is 0 Å². The molecule has 0 aliphatic heterocycles. The van der Waals surface area contributed by atoms with Crippen LogP contribution in [-0.2, 0) is 6.54 Å². The molecule has 0 aliphatic rings. The van der Waals surface area contributed by atoms with Crippen LogP contribution in [0.3, 0.4) is 0 Å². The van der Waals surface area contributed by atoms with Gasteiger partial charge in [-0.2, -0.15) is 5.10 Å². The van der Waals surface area contributed by atoms with Crippen LogP contribution in [0.4, 0.5) is 21.0 Å². The average molecular weight is 434 g/mol. The van der Waals surface area contributed by atoms with Crippen molar-refractivity contribution >= 4 is 28.0 Å². The molecule has 0 amide bonds. The summed E-state index contributed by atoms with van der Waals surface area (Å²) in [5.41, 5.74) is 8.82. The number of nitrogens with zero attached hydrogens (tertiary/aromatic N) is 6. The maximum atomic E-state index is 14.2. The second-order valence-electron chi connectivity index (χ2n) is 6.50. The molecular weight excluding hydrogens is 419 g/mol. The molecule has 4 aromatic heterocycles. The van der Waals surface area contributed by atoms with Gasteiger partial charge in [-0.25, -0.2) is 19.3 Å². The summed E-state index contributed by atoms with van der Waals surface area (Å²) in [4.78, 5) is 12.9. The number of benzene rings is 1. The Bertz CT molecular complexity index is 1320. The molecular formula is C20H15FN8OS. The first-order valence-electron chi connectivity index (χ1n) is 9.19. The van der Waals surface area contributed by atoms with Crippen LogP contribution in [0.25, 0.3) is 22.9 Å². The molecule has 5 aromatic rings. The molecule has 0 atom stereocenters. The first kappa shape index (κ1) is 18.9. The molecule has 4 heterocycles. The highest BCUT2D eigenvalue weighted by Gasteiger charge is 2.17. The Morgan fingerprint density at radius 1 is 1.16 bits per heavy atom. The largest absolute Gasteiger partial charge is 0.382 e. The Hall–Kier alpha value is -4.12. The highest BCUT2D eigenvalue weighted by atomic mass is 32.1. The fourth-order valence-corrected chi connectivity index (χ4v) is 3.54. The predicted octanol–water partition coefficient (Wildman–Crippen LogP) is 3.96. The van der Waals surface area contributed by atoms with Gasteiger partial charge in [0.2, 0.25) is 0 Å². The highest BCUT2D eigenvalue weighted by Crippen LogP contribution is 2.28. The van der Waals surface area contributed by atoms with Crippen molar-refractivity contribution in [1.29, 1.82) is 0 Å². The number of nitrogens with one attached hydrogen (secondary N) is 1. The van der Waals surface area contributed by atoms with Crippen LogP contribution >= 0.6 is 11.3 Å². The van der Waals surface area contributed by atoms with E-state index >= 15 is 0 Å². The normalized spacial score (nSPS) is 11.0. The lowest BCUT2D eigenvalue weighted by Gasteiger charge is -2.07. The molecule has 0 saturated heterocycles. The third-order valence-electron chi connectivity index (χ3n) is 4.48. The third kappa shape index (κ3) is 3.85. The number of nitrogen functional groups attached to an aromatic ring is 1. The van der Waals surface area contributed by atoms with Gasteiger partial charge in [-0.15, -0.1) is 11.3 Å². The summed E-state index contributed by atoms with van der Waals surface area (Å²) in [5.74, 6) is 0.273. The van der Waals surface area contributed by atoms with Gasteiger partial charge in [0.05, 0.1) is 18.4 Å². The number of hydrogen-bond acceptors (Lipinski definition) is 9. The summed E-state index contributed by atoms with van der Waals surface area (Å²) in [6.07, 6.45) is 4.72. The second-order valence-corrected chi connectivity index (χ2v) is 7.40. The zero-order valence-corrected chi connectivity index (χ0v) is 16.8. The lowest BCUT2D eigenvalue weighted by molar-refractivity contribution is 0.421. The van der Waals surface area contributed by atoms with E-state index in [9.17, 15) is 4.39 Å². The van der Waals surface area contributed by atoms with Crippen molar-refractivity contribution in [2.75, 3.05) is 11.1 Å². The molecule has 0 aliphatic carbocycles. The number of nitrogens with two attached hydrogens (primary N) is 1. The van der Waals surface area contributed by atoms with Crippen LogP contribution in [0.15, 0.2) is 65.0 Å². The number of rotatable bonds is 6. The van der Waals surface area contributed by atoms with Crippen LogP contribution < -0.4 is 11.1 Å². The average Bonchev–Trinajstić information content (AvgIpc) is 3.53. The van der Waals surface area contributed by atoms with E-state index in [2.05, 4.69) is 30.5 Å². The molecule has 154 valence electrons. The molecule has 9 nitrogen and oxygen atoms in total. The summed E-state index contributed by atoms with van der Waals surface area (Å²) in [6, 6.07) is 10.0. The lowest BCUT2D eigenvalue weighted by Crippen LogP contribution is -2.06. The first-order valence-corrected chi connectivity index (χ1v) is 10.1. The van der Waals surface area contributed by atoms with Gasteiger partial charge in [0.1, 0.15) is 29.2 Å². The minimum absolute atomic E-state index is 0.202. The van der Waals surface area contributed by atoms with E-state index in [1.807, 2.05) is 5.38 Å². The molecule has 0 spiro atoms. The summed E-state index contributed by atoms with van der Waals surface area (Å²) in [6.45, 7) is 0.202. The summed E-state index contributed by atoms with van der Waals surface area (Å²) >= 11 is 1.44. The zero-order chi connectivity index (χ0) is 21.2. The molecule has 31 heavy (non-hydrogen) atoms. The minimum atomic E-state index is -0.316. The van der Waals surface area contributed by atoms with Gasteiger partial charge >= 0.3 is 0 Å². The number of halogens is 1. The van der Waals surface area contributed by atoms with E-state index in [-0.39, 0.29) is 18.2 Å². The highest BCUT2D eigenvalue weighted by molar-refractivity contribution is 7.13. The minimum Gasteiger partial charge on any atom is -0.382 e. The molecule has 0 saturated carbocycles. The molecule has 0 unspecified atom stereocenters. The Kier molecular flexibility index (Phi) is 4.84. The Balaban J connectivity index is 1.51. The van der Waals surface area contributed by atoms with Crippen molar-refractivity contribution in [2.45, 2.75) is 6.54 Å². The van der Waals surface area contributed by atoms with Crippen molar-refractivity contribution in [3.05, 3.63) is 71.8 Å². The van der Waals surface area contributed by atoms with Crippen molar-refractivity contribution < 1.29 is 8.91 Å². The Morgan fingerprint density at radius 2 is 2.06 bits per heavy atom. The van der Waals surface area contributed by atoms with Crippen LogP contribution in [0.5, 0.6) is 0 Å². The van der Waals surface area contributed by atoms with Gasteiger partial charge in [0.15, 0.2) is 16.8 Å².